The summed E-state index contributed by atoms with van der Waals surface area (Å²) in [5.74, 6) is 0.310. The minimum atomic E-state index is -0.338. The van der Waals surface area contributed by atoms with Crippen LogP contribution >= 0.6 is 15.9 Å². The van der Waals surface area contributed by atoms with Gasteiger partial charge in [-0.05, 0) is 15.9 Å². The lowest BCUT2D eigenvalue weighted by Crippen LogP contribution is -2.10. The van der Waals surface area contributed by atoms with Crippen molar-refractivity contribution in [3.8, 4) is 0 Å². The number of hydrogen-bond donors (Lipinski definition) is 0. The van der Waals surface area contributed by atoms with Crippen molar-refractivity contribution in [3.05, 3.63) is 22.3 Å². The zero-order valence-electron chi connectivity index (χ0n) is 6.74. The highest BCUT2D eigenvalue weighted by molar-refractivity contribution is 9.10. The highest BCUT2D eigenvalue weighted by Crippen LogP contribution is 2.32. The molecule has 0 saturated carbocycles. The SMILES string of the molecule is CC(C)(C)c1occ(F)c1Br. The lowest BCUT2D eigenvalue weighted by Gasteiger charge is -2.14. The lowest BCUT2D eigenvalue weighted by atomic mass is 9.94. The van der Waals surface area contributed by atoms with Crippen molar-refractivity contribution in [3.63, 3.8) is 0 Å². The first-order valence-electron chi connectivity index (χ1n) is 3.36. The Bertz CT molecular complexity index is 260. The fourth-order valence-corrected chi connectivity index (χ4v) is 1.61. The fourth-order valence-electron chi connectivity index (χ4n) is 0.829. The molecule has 0 aromatic carbocycles. The third kappa shape index (κ3) is 1.64. The molecular weight excluding hydrogens is 211 g/mol. The van der Waals surface area contributed by atoms with Gasteiger partial charge in [-0.25, -0.2) is 4.39 Å². The van der Waals surface area contributed by atoms with Gasteiger partial charge in [0.15, 0.2) is 5.82 Å². The minimum absolute atomic E-state index is 0.150. The summed E-state index contributed by atoms with van der Waals surface area (Å²) in [7, 11) is 0. The molecule has 0 saturated heterocycles. The van der Waals surface area contributed by atoms with E-state index in [0.29, 0.717) is 10.2 Å². The van der Waals surface area contributed by atoms with E-state index in [1.54, 1.807) is 0 Å². The second-order valence-corrected chi connectivity index (χ2v) is 4.27. The fraction of sp³-hybridized carbons (Fsp3) is 0.500. The molecule has 1 aromatic rings. The summed E-state index contributed by atoms with van der Waals surface area (Å²) in [6, 6.07) is 0. The van der Waals surface area contributed by atoms with Gasteiger partial charge in [-0.2, -0.15) is 0 Å². The number of hydrogen-bond acceptors (Lipinski definition) is 1. The Morgan fingerprint density at radius 2 is 2.00 bits per heavy atom. The largest absolute Gasteiger partial charge is 0.464 e. The van der Waals surface area contributed by atoms with Gasteiger partial charge in [0.1, 0.15) is 12.0 Å². The van der Waals surface area contributed by atoms with E-state index in [1.165, 1.54) is 0 Å². The molecule has 3 heteroatoms. The van der Waals surface area contributed by atoms with E-state index in [1.807, 2.05) is 20.8 Å². The van der Waals surface area contributed by atoms with Gasteiger partial charge in [-0.15, -0.1) is 0 Å². The third-order valence-electron chi connectivity index (χ3n) is 1.37. The molecule has 0 N–H and O–H groups in total. The highest BCUT2D eigenvalue weighted by Gasteiger charge is 2.23. The molecular formula is C8H10BrFO. The van der Waals surface area contributed by atoms with E-state index in [-0.39, 0.29) is 11.2 Å². The maximum atomic E-state index is 12.7. The summed E-state index contributed by atoms with van der Waals surface area (Å²) in [4.78, 5) is 0. The van der Waals surface area contributed by atoms with Crippen LogP contribution < -0.4 is 0 Å². The Balaban J connectivity index is 3.15. The summed E-state index contributed by atoms with van der Waals surface area (Å²) >= 11 is 3.12. The maximum absolute atomic E-state index is 12.7. The van der Waals surface area contributed by atoms with Gasteiger partial charge in [-0.3, -0.25) is 0 Å². The Morgan fingerprint density at radius 1 is 1.45 bits per heavy atom. The molecule has 11 heavy (non-hydrogen) atoms. The van der Waals surface area contributed by atoms with Crippen molar-refractivity contribution in [1.82, 2.24) is 0 Å². The zero-order valence-corrected chi connectivity index (χ0v) is 8.33. The van der Waals surface area contributed by atoms with Crippen LogP contribution in [-0.2, 0) is 5.41 Å². The highest BCUT2D eigenvalue weighted by atomic mass is 79.9. The molecule has 1 rings (SSSR count). The quantitative estimate of drug-likeness (QED) is 0.653. The lowest BCUT2D eigenvalue weighted by molar-refractivity contribution is 0.404. The van der Waals surface area contributed by atoms with Crippen LogP contribution in [0.2, 0.25) is 0 Å². The molecule has 0 unspecified atom stereocenters. The standard InChI is InChI=1S/C8H10BrFO/c1-8(2,3)7-6(9)5(10)4-11-7/h4H,1-3H3. The summed E-state index contributed by atoms with van der Waals surface area (Å²) in [5.41, 5.74) is -0.150. The smallest absolute Gasteiger partial charge is 0.175 e. The van der Waals surface area contributed by atoms with E-state index in [4.69, 9.17) is 4.42 Å². The summed E-state index contributed by atoms with van der Waals surface area (Å²) in [6.07, 6.45) is 1.12. The van der Waals surface area contributed by atoms with Crippen LogP contribution in [0.15, 0.2) is 15.2 Å². The van der Waals surface area contributed by atoms with Crippen LogP contribution in [0.25, 0.3) is 0 Å². The molecule has 0 fully saturated rings. The minimum Gasteiger partial charge on any atom is -0.464 e. The third-order valence-corrected chi connectivity index (χ3v) is 2.11. The molecule has 62 valence electrons. The maximum Gasteiger partial charge on any atom is 0.175 e. The van der Waals surface area contributed by atoms with Crippen molar-refractivity contribution in [2.24, 2.45) is 0 Å². The molecule has 0 bridgehead atoms. The molecule has 0 spiro atoms. The van der Waals surface area contributed by atoms with Crippen molar-refractivity contribution in [1.29, 1.82) is 0 Å². The van der Waals surface area contributed by atoms with E-state index < -0.39 is 0 Å². The second-order valence-electron chi connectivity index (χ2n) is 3.48. The monoisotopic (exact) mass is 220 g/mol. The normalized spacial score (nSPS) is 12.1. The van der Waals surface area contributed by atoms with Crippen LogP contribution in [0, 0.1) is 5.82 Å². The summed E-state index contributed by atoms with van der Waals surface area (Å²) in [6.45, 7) is 5.90. The second kappa shape index (κ2) is 2.63. The van der Waals surface area contributed by atoms with E-state index in [0.717, 1.165) is 6.26 Å². The van der Waals surface area contributed by atoms with Crippen LogP contribution in [0.4, 0.5) is 4.39 Å². The Labute approximate surface area is 73.7 Å². The van der Waals surface area contributed by atoms with Crippen molar-refractivity contribution in [2.45, 2.75) is 26.2 Å². The van der Waals surface area contributed by atoms with E-state index in [9.17, 15) is 4.39 Å². The summed E-state index contributed by atoms with van der Waals surface area (Å²) < 4.78 is 18.2. The van der Waals surface area contributed by atoms with Crippen molar-refractivity contribution in [2.75, 3.05) is 0 Å². The van der Waals surface area contributed by atoms with Gasteiger partial charge in [0.05, 0.1) is 4.47 Å². The molecule has 0 aliphatic carbocycles. The first-order valence-corrected chi connectivity index (χ1v) is 4.15. The molecule has 0 atom stereocenters. The van der Waals surface area contributed by atoms with Gasteiger partial charge in [-0.1, -0.05) is 20.8 Å². The van der Waals surface area contributed by atoms with Crippen molar-refractivity contribution < 1.29 is 8.81 Å². The van der Waals surface area contributed by atoms with Gasteiger partial charge >= 0.3 is 0 Å². The Hall–Kier alpha value is -0.310. The first kappa shape index (κ1) is 8.78. The molecule has 1 nitrogen and oxygen atoms in total. The Morgan fingerprint density at radius 3 is 2.18 bits per heavy atom. The molecule has 1 heterocycles. The zero-order chi connectivity index (χ0) is 8.65. The molecule has 0 aliphatic heterocycles. The average Bonchev–Trinajstić information content (AvgIpc) is 2.11. The van der Waals surface area contributed by atoms with E-state index in [2.05, 4.69) is 15.9 Å². The van der Waals surface area contributed by atoms with Gasteiger partial charge in [0, 0.05) is 5.41 Å². The molecule has 0 radical (unpaired) electrons. The van der Waals surface area contributed by atoms with Gasteiger partial charge in [0.25, 0.3) is 0 Å². The van der Waals surface area contributed by atoms with Crippen LogP contribution in [0.5, 0.6) is 0 Å². The molecule has 1 aromatic heterocycles. The number of furan rings is 1. The number of rotatable bonds is 0. The summed E-state index contributed by atoms with van der Waals surface area (Å²) in [5, 5.41) is 0. The van der Waals surface area contributed by atoms with Crippen LogP contribution in [0.3, 0.4) is 0 Å². The van der Waals surface area contributed by atoms with Crippen molar-refractivity contribution >= 4 is 15.9 Å². The Kier molecular flexibility index (Phi) is 2.10. The van der Waals surface area contributed by atoms with Crippen LogP contribution in [0.1, 0.15) is 26.5 Å². The van der Waals surface area contributed by atoms with Crippen LogP contribution in [-0.4, -0.2) is 0 Å². The van der Waals surface area contributed by atoms with E-state index >= 15 is 0 Å². The number of halogens is 2. The molecule has 0 aliphatic rings. The topological polar surface area (TPSA) is 13.1 Å². The van der Waals surface area contributed by atoms with Gasteiger partial charge < -0.3 is 4.42 Å². The van der Waals surface area contributed by atoms with Gasteiger partial charge in [0.2, 0.25) is 0 Å². The predicted octanol–water partition coefficient (Wildman–Crippen LogP) is 3.48. The first-order chi connectivity index (χ1) is 4.93. The predicted molar refractivity (Wildman–Crippen MR) is 45.1 cm³/mol. The molecule has 0 amide bonds. The average molecular weight is 221 g/mol.